The second-order valence-electron chi connectivity index (χ2n) is 3.67. The zero-order valence-corrected chi connectivity index (χ0v) is 8.30. The van der Waals surface area contributed by atoms with Crippen LogP contribution >= 0.6 is 0 Å². The zero-order chi connectivity index (χ0) is 9.84. The summed E-state index contributed by atoms with van der Waals surface area (Å²) in [6.07, 6.45) is 5.90. The van der Waals surface area contributed by atoms with Crippen molar-refractivity contribution in [3.63, 3.8) is 0 Å². The topological polar surface area (TPSA) is 23.8 Å². The summed E-state index contributed by atoms with van der Waals surface area (Å²) in [6.45, 7) is 8.08. The highest BCUT2D eigenvalue weighted by Gasteiger charge is 2.16. The molecule has 1 atom stereocenters. The molecule has 0 aromatic carbocycles. The van der Waals surface area contributed by atoms with Crippen molar-refractivity contribution in [1.29, 1.82) is 5.26 Å². The van der Waals surface area contributed by atoms with Crippen molar-refractivity contribution in [2.75, 3.05) is 0 Å². The first kappa shape index (κ1) is 9.80. The number of rotatable bonds is 1. The van der Waals surface area contributed by atoms with Gasteiger partial charge in [-0.15, -0.1) is 0 Å². The quantitative estimate of drug-likeness (QED) is 0.440. The van der Waals surface area contributed by atoms with Crippen LogP contribution in [0.25, 0.3) is 0 Å². The van der Waals surface area contributed by atoms with Crippen molar-refractivity contribution in [3.05, 3.63) is 35.5 Å². The van der Waals surface area contributed by atoms with Gasteiger partial charge in [-0.25, -0.2) is 0 Å². The average Bonchev–Trinajstić information content (AvgIpc) is 2.08. The largest absolute Gasteiger partial charge is 0.193 e. The molecule has 0 amide bonds. The van der Waals surface area contributed by atoms with Gasteiger partial charge in [0, 0.05) is 6.08 Å². The van der Waals surface area contributed by atoms with Crippen LogP contribution in [-0.4, -0.2) is 0 Å². The highest BCUT2D eigenvalue weighted by molar-refractivity contribution is 5.36. The van der Waals surface area contributed by atoms with Gasteiger partial charge < -0.3 is 0 Å². The highest BCUT2D eigenvalue weighted by Crippen LogP contribution is 2.31. The summed E-state index contributed by atoms with van der Waals surface area (Å²) in [5.41, 5.74) is 3.63. The molecule has 0 aliphatic heterocycles. The molecule has 1 rings (SSSR count). The molecule has 0 radical (unpaired) electrons. The predicted molar refractivity (Wildman–Crippen MR) is 55.0 cm³/mol. The fourth-order valence-electron chi connectivity index (χ4n) is 1.59. The Bertz CT molecular complexity index is 313. The lowest BCUT2D eigenvalue weighted by Gasteiger charge is -2.22. The molecular formula is C12H15N. The van der Waals surface area contributed by atoms with Gasteiger partial charge in [0.1, 0.15) is 0 Å². The number of hydrogen-bond donors (Lipinski definition) is 0. The molecule has 0 bridgehead atoms. The molecule has 1 aliphatic carbocycles. The van der Waals surface area contributed by atoms with E-state index in [4.69, 9.17) is 5.26 Å². The molecule has 1 heteroatoms. The van der Waals surface area contributed by atoms with Crippen LogP contribution in [0.1, 0.15) is 26.7 Å². The number of hydrogen-bond acceptors (Lipinski definition) is 1. The van der Waals surface area contributed by atoms with Crippen LogP contribution in [0, 0.1) is 17.2 Å². The van der Waals surface area contributed by atoms with Crippen LogP contribution in [0.15, 0.2) is 35.5 Å². The molecule has 0 saturated heterocycles. The molecule has 68 valence electrons. The van der Waals surface area contributed by atoms with Gasteiger partial charge in [-0.1, -0.05) is 23.8 Å². The summed E-state index contributed by atoms with van der Waals surface area (Å²) in [5.74, 6) is 0.531. The fourth-order valence-corrected chi connectivity index (χ4v) is 1.59. The molecular weight excluding hydrogens is 158 g/mol. The molecule has 0 heterocycles. The molecule has 13 heavy (non-hydrogen) atoms. The third-order valence-electron chi connectivity index (χ3n) is 2.62. The summed E-state index contributed by atoms with van der Waals surface area (Å²) < 4.78 is 0. The number of nitrogens with zero attached hydrogens (tertiary/aromatic N) is 1. The summed E-state index contributed by atoms with van der Waals surface area (Å²) in [7, 11) is 0. The maximum Gasteiger partial charge on any atom is 0.0915 e. The maximum absolute atomic E-state index is 8.59. The highest BCUT2D eigenvalue weighted by atomic mass is 14.2. The Morgan fingerprint density at radius 3 is 3.00 bits per heavy atom. The second-order valence-corrected chi connectivity index (χ2v) is 3.67. The minimum absolute atomic E-state index is 0.531. The monoisotopic (exact) mass is 173 g/mol. The van der Waals surface area contributed by atoms with Gasteiger partial charge >= 0.3 is 0 Å². The second kappa shape index (κ2) is 4.09. The van der Waals surface area contributed by atoms with Gasteiger partial charge in [-0.2, -0.15) is 5.26 Å². The lowest BCUT2D eigenvalue weighted by molar-refractivity contribution is 0.601. The fraction of sp³-hybridized carbons (Fsp3) is 0.417. The summed E-state index contributed by atoms with van der Waals surface area (Å²) in [4.78, 5) is 0. The van der Waals surface area contributed by atoms with Gasteiger partial charge in [-0.3, -0.25) is 0 Å². The van der Waals surface area contributed by atoms with Crippen molar-refractivity contribution in [2.45, 2.75) is 26.7 Å². The Morgan fingerprint density at radius 1 is 1.77 bits per heavy atom. The molecule has 1 nitrogen and oxygen atoms in total. The van der Waals surface area contributed by atoms with Crippen LogP contribution in [-0.2, 0) is 0 Å². The SMILES string of the molecule is C=C(C)C1CC=C(C)/C(=C\C#N)C1. The van der Waals surface area contributed by atoms with Crippen LogP contribution in [0.2, 0.25) is 0 Å². The Kier molecular flexibility index (Phi) is 3.08. The summed E-state index contributed by atoms with van der Waals surface area (Å²) in [6, 6.07) is 2.09. The minimum Gasteiger partial charge on any atom is -0.193 e. The molecule has 0 N–H and O–H groups in total. The summed E-state index contributed by atoms with van der Waals surface area (Å²) >= 11 is 0. The molecule has 0 saturated carbocycles. The van der Waals surface area contributed by atoms with Crippen LogP contribution in [0.3, 0.4) is 0 Å². The molecule has 1 unspecified atom stereocenters. The zero-order valence-electron chi connectivity index (χ0n) is 8.30. The van der Waals surface area contributed by atoms with E-state index in [1.165, 1.54) is 16.7 Å². The van der Waals surface area contributed by atoms with Gasteiger partial charge in [0.05, 0.1) is 6.07 Å². The van der Waals surface area contributed by atoms with Gasteiger partial charge in [0.2, 0.25) is 0 Å². The van der Waals surface area contributed by atoms with Gasteiger partial charge in [0.15, 0.2) is 0 Å². The van der Waals surface area contributed by atoms with E-state index in [-0.39, 0.29) is 0 Å². The van der Waals surface area contributed by atoms with Crippen LogP contribution in [0.5, 0.6) is 0 Å². The molecule has 0 aromatic heterocycles. The van der Waals surface area contributed by atoms with Crippen molar-refractivity contribution in [2.24, 2.45) is 5.92 Å². The first-order valence-electron chi connectivity index (χ1n) is 4.56. The van der Waals surface area contributed by atoms with E-state index in [1.54, 1.807) is 6.08 Å². The van der Waals surface area contributed by atoms with Gasteiger partial charge in [0.25, 0.3) is 0 Å². The van der Waals surface area contributed by atoms with E-state index in [0.717, 1.165) is 12.8 Å². The maximum atomic E-state index is 8.59. The normalized spacial score (nSPS) is 25.2. The van der Waals surface area contributed by atoms with Crippen LogP contribution < -0.4 is 0 Å². The van der Waals surface area contributed by atoms with Crippen molar-refractivity contribution in [1.82, 2.24) is 0 Å². The number of allylic oxidation sites excluding steroid dienone is 5. The minimum atomic E-state index is 0.531. The predicted octanol–water partition coefficient (Wildman–Crippen LogP) is 3.37. The molecule has 1 aliphatic rings. The number of nitriles is 1. The van der Waals surface area contributed by atoms with Crippen LogP contribution in [0.4, 0.5) is 0 Å². The smallest absolute Gasteiger partial charge is 0.0915 e. The lowest BCUT2D eigenvalue weighted by atomic mass is 9.82. The van der Waals surface area contributed by atoms with Gasteiger partial charge in [-0.05, 0) is 38.2 Å². The first-order chi connectivity index (χ1) is 6.15. The molecule has 0 aromatic rings. The van der Waals surface area contributed by atoms with Crippen molar-refractivity contribution >= 4 is 0 Å². The van der Waals surface area contributed by atoms with Crippen molar-refractivity contribution in [3.8, 4) is 6.07 Å². The lowest BCUT2D eigenvalue weighted by Crippen LogP contribution is -2.07. The molecule has 0 spiro atoms. The van der Waals surface area contributed by atoms with E-state index < -0.39 is 0 Å². The van der Waals surface area contributed by atoms with E-state index in [2.05, 4.69) is 32.6 Å². The van der Waals surface area contributed by atoms with E-state index >= 15 is 0 Å². The standard InChI is InChI=1S/C12H15N/c1-9(2)11-5-4-10(3)12(8-11)6-7-13/h4,6,11H,1,5,8H2,2-3H3/b12-6-. The first-order valence-corrected chi connectivity index (χ1v) is 4.56. The third-order valence-corrected chi connectivity index (χ3v) is 2.62. The Labute approximate surface area is 80.1 Å². The Balaban J connectivity index is 2.85. The third kappa shape index (κ3) is 2.32. The summed E-state index contributed by atoms with van der Waals surface area (Å²) in [5, 5.41) is 8.59. The van der Waals surface area contributed by atoms with E-state index in [1.807, 2.05) is 0 Å². The van der Waals surface area contributed by atoms with Crippen molar-refractivity contribution < 1.29 is 0 Å². The average molecular weight is 173 g/mol. The van der Waals surface area contributed by atoms with E-state index in [9.17, 15) is 0 Å². The Morgan fingerprint density at radius 2 is 2.46 bits per heavy atom. The molecule has 0 fully saturated rings. The Hall–Kier alpha value is -1.29. The van der Waals surface area contributed by atoms with E-state index in [0.29, 0.717) is 5.92 Å².